The van der Waals surface area contributed by atoms with E-state index in [1.54, 1.807) is 0 Å². The van der Waals surface area contributed by atoms with Crippen molar-refractivity contribution >= 4 is 34.6 Å². The highest BCUT2D eigenvalue weighted by Gasteiger charge is 2.12. The van der Waals surface area contributed by atoms with Gasteiger partial charge in [-0.15, -0.1) is 0 Å². The number of hydrogen-bond acceptors (Lipinski definition) is 4. The van der Waals surface area contributed by atoms with Crippen LogP contribution in [0, 0.1) is 0 Å². The molecule has 2 amide bonds. The molecule has 4 N–H and O–H groups in total. The van der Waals surface area contributed by atoms with E-state index >= 15 is 0 Å². The number of carbonyl (C=O) groups is 1. The molecule has 0 radical (unpaired) electrons. The van der Waals surface area contributed by atoms with Crippen molar-refractivity contribution in [1.82, 2.24) is 0 Å². The SMILES string of the molecule is C/C=C(C)\C1=N/C(=C(C)CC)Nc2cccc(c2)CCc2cc(NC(=O)Nc3ccccc3)cc(c2)N1. The Hall–Kier alpha value is -4.32. The van der Waals surface area contributed by atoms with Crippen molar-refractivity contribution in [3.05, 3.63) is 107 Å². The Kier molecular flexibility index (Phi) is 8.41. The molecule has 0 fully saturated rings. The molecule has 1 aliphatic heterocycles. The van der Waals surface area contributed by atoms with Gasteiger partial charge in [-0.3, -0.25) is 0 Å². The summed E-state index contributed by atoms with van der Waals surface area (Å²) in [6, 6.07) is 23.7. The molecule has 4 rings (SSSR count). The fourth-order valence-electron chi connectivity index (χ4n) is 4.02. The number of benzene rings is 3. The lowest BCUT2D eigenvalue weighted by atomic mass is 10.0. The van der Waals surface area contributed by atoms with Gasteiger partial charge in [0, 0.05) is 22.7 Å². The van der Waals surface area contributed by atoms with Crippen molar-refractivity contribution in [3.63, 3.8) is 0 Å². The molecule has 1 aliphatic rings. The fourth-order valence-corrected chi connectivity index (χ4v) is 4.02. The number of nitrogens with one attached hydrogen (secondary N) is 4. The first kappa shape index (κ1) is 25.8. The molecular formula is C31H35N5O. The van der Waals surface area contributed by atoms with Gasteiger partial charge in [0.15, 0.2) is 0 Å². The molecule has 0 unspecified atom stereocenters. The van der Waals surface area contributed by atoms with Crippen molar-refractivity contribution < 1.29 is 4.79 Å². The number of hydrogen-bond donors (Lipinski definition) is 4. The first-order valence-corrected chi connectivity index (χ1v) is 12.7. The normalized spacial score (nSPS) is 16.4. The second-order valence-corrected chi connectivity index (χ2v) is 9.23. The third-order valence-corrected chi connectivity index (χ3v) is 6.40. The van der Waals surface area contributed by atoms with Gasteiger partial charge >= 0.3 is 6.03 Å². The lowest BCUT2D eigenvalue weighted by molar-refractivity contribution is 0.262. The summed E-state index contributed by atoms with van der Waals surface area (Å²) in [4.78, 5) is 17.8. The maximum Gasteiger partial charge on any atom is 0.323 e. The molecule has 0 saturated carbocycles. The van der Waals surface area contributed by atoms with Crippen LogP contribution >= 0.6 is 0 Å². The number of para-hydroxylation sites is 1. The summed E-state index contributed by atoms with van der Waals surface area (Å²) in [5.41, 5.74) is 7.89. The highest BCUT2D eigenvalue weighted by molar-refractivity contribution is 6.08. The number of rotatable bonds is 4. The minimum Gasteiger partial charge on any atom is -0.340 e. The van der Waals surface area contributed by atoms with Crippen molar-refractivity contribution in [2.24, 2.45) is 4.99 Å². The Bertz CT molecular complexity index is 1360. The van der Waals surface area contributed by atoms with E-state index in [2.05, 4.69) is 65.4 Å². The van der Waals surface area contributed by atoms with Crippen LogP contribution in [0.1, 0.15) is 45.2 Å². The van der Waals surface area contributed by atoms with E-state index in [1.165, 1.54) is 5.56 Å². The first-order chi connectivity index (χ1) is 17.9. The standard InChI is InChI=1S/C31H35N5O/c1-5-21(3)29-32-26-14-10-11-23(17-26)15-16-24-18-27(33-30(36-29)22(4)6-2)20-28(19-24)35-31(37)34-25-12-8-7-9-13-25/h6-14,17-20,32H,5,15-16H2,1-4H3,(H,33,36)(H2,34,35,37)/b22-6-,29-21?. The minimum atomic E-state index is -0.286. The van der Waals surface area contributed by atoms with Gasteiger partial charge in [-0.05, 0) is 105 Å². The summed E-state index contributed by atoms with van der Waals surface area (Å²) in [5.74, 6) is 1.59. The number of aliphatic imine (C=N–C) groups is 1. The molecule has 1 heterocycles. The van der Waals surface area contributed by atoms with Crippen LogP contribution in [0.2, 0.25) is 0 Å². The number of carbonyl (C=O) groups excluding carboxylic acids is 1. The van der Waals surface area contributed by atoms with Gasteiger partial charge in [0.2, 0.25) is 0 Å². The van der Waals surface area contributed by atoms with Gasteiger partial charge in [-0.1, -0.05) is 43.3 Å². The predicted octanol–water partition coefficient (Wildman–Crippen LogP) is 7.96. The second kappa shape index (κ2) is 12.1. The van der Waals surface area contributed by atoms with Gasteiger partial charge in [-0.25, -0.2) is 9.79 Å². The van der Waals surface area contributed by atoms with Crippen LogP contribution in [0.3, 0.4) is 0 Å². The minimum absolute atomic E-state index is 0.286. The van der Waals surface area contributed by atoms with Crippen LogP contribution in [0.5, 0.6) is 0 Å². The van der Waals surface area contributed by atoms with Crippen molar-refractivity contribution in [3.8, 4) is 0 Å². The monoisotopic (exact) mass is 493 g/mol. The zero-order valence-electron chi connectivity index (χ0n) is 22.0. The summed E-state index contributed by atoms with van der Waals surface area (Å²) in [7, 11) is 0. The lowest BCUT2D eigenvalue weighted by Crippen LogP contribution is -2.20. The zero-order chi connectivity index (χ0) is 26.2. The molecule has 3 aromatic rings. The number of allylic oxidation sites excluding steroid dienone is 2. The Balaban J connectivity index is 1.74. The summed E-state index contributed by atoms with van der Waals surface area (Å²) in [5, 5.41) is 13.0. The van der Waals surface area contributed by atoms with E-state index in [0.29, 0.717) is 5.69 Å². The Morgan fingerprint density at radius 2 is 1.59 bits per heavy atom. The molecule has 4 bridgehead atoms. The van der Waals surface area contributed by atoms with Crippen LogP contribution in [-0.2, 0) is 12.8 Å². The van der Waals surface area contributed by atoms with Crippen LogP contribution < -0.4 is 21.3 Å². The van der Waals surface area contributed by atoms with E-state index in [-0.39, 0.29) is 6.03 Å². The summed E-state index contributed by atoms with van der Waals surface area (Å²) in [6.45, 7) is 8.28. The summed E-state index contributed by atoms with van der Waals surface area (Å²) in [6.07, 6.45) is 4.63. The average molecular weight is 494 g/mol. The average Bonchev–Trinajstić information content (AvgIpc) is 2.91. The number of amides is 2. The van der Waals surface area contributed by atoms with E-state index in [4.69, 9.17) is 4.99 Å². The Morgan fingerprint density at radius 1 is 0.865 bits per heavy atom. The van der Waals surface area contributed by atoms with E-state index < -0.39 is 0 Å². The van der Waals surface area contributed by atoms with Crippen molar-refractivity contribution in [1.29, 1.82) is 0 Å². The zero-order valence-corrected chi connectivity index (χ0v) is 22.0. The number of amidine groups is 1. The molecule has 6 nitrogen and oxygen atoms in total. The third kappa shape index (κ3) is 7.10. The number of nitrogens with zero attached hydrogens (tertiary/aromatic N) is 1. The maximum absolute atomic E-state index is 12.7. The molecule has 37 heavy (non-hydrogen) atoms. The van der Waals surface area contributed by atoms with Gasteiger partial charge in [0.05, 0.1) is 0 Å². The predicted molar refractivity (Wildman–Crippen MR) is 156 cm³/mol. The summed E-state index contributed by atoms with van der Waals surface area (Å²) < 4.78 is 0. The highest BCUT2D eigenvalue weighted by Crippen LogP contribution is 2.25. The molecule has 3 aromatic carbocycles. The largest absolute Gasteiger partial charge is 0.340 e. The third-order valence-electron chi connectivity index (χ3n) is 6.40. The lowest BCUT2D eigenvalue weighted by Gasteiger charge is -2.16. The van der Waals surface area contributed by atoms with Crippen molar-refractivity contribution in [2.75, 3.05) is 21.3 Å². The Morgan fingerprint density at radius 3 is 2.35 bits per heavy atom. The molecule has 0 saturated heterocycles. The van der Waals surface area contributed by atoms with Crippen LogP contribution in [-0.4, -0.2) is 11.9 Å². The smallest absolute Gasteiger partial charge is 0.323 e. The van der Waals surface area contributed by atoms with Gasteiger partial charge in [-0.2, -0.15) is 0 Å². The van der Waals surface area contributed by atoms with Crippen molar-refractivity contribution in [2.45, 2.75) is 47.0 Å². The molecule has 0 spiro atoms. The fraction of sp³-hybridized carbons (Fsp3) is 0.226. The maximum atomic E-state index is 12.7. The number of aryl methyl sites for hydroxylation is 2. The summed E-state index contributed by atoms with van der Waals surface area (Å²) >= 11 is 0. The number of anilines is 4. The van der Waals surface area contributed by atoms with E-state index in [9.17, 15) is 4.79 Å². The number of urea groups is 1. The van der Waals surface area contributed by atoms with E-state index in [0.717, 1.165) is 64.7 Å². The molecule has 190 valence electrons. The molecule has 6 heteroatoms. The van der Waals surface area contributed by atoms with Crippen LogP contribution in [0.4, 0.5) is 27.5 Å². The van der Waals surface area contributed by atoms with Crippen LogP contribution in [0.15, 0.2) is 101 Å². The van der Waals surface area contributed by atoms with Gasteiger partial charge in [0.25, 0.3) is 0 Å². The molecule has 0 aromatic heterocycles. The molecule has 0 atom stereocenters. The van der Waals surface area contributed by atoms with Gasteiger partial charge in [0.1, 0.15) is 11.7 Å². The molecular weight excluding hydrogens is 458 g/mol. The first-order valence-electron chi connectivity index (χ1n) is 12.7. The highest BCUT2D eigenvalue weighted by atomic mass is 16.2. The number of fused-ring (bicyclic) bond motifs is 4. The van der Waals surface area contributed by atoms with E-state index in [1.807, 2.05) is 62.4 Å². The van der Waals surface area contributed by atoms with Crippen LogP contribution in [0.25, 0.3) is 0 Å². The van der Waals surface area contributed by atoms with Gasteiger partial charge < -0.3 is 21.3 Å². The molecule has 0 aliphatic carbocycles. The topological polar surface area (TPSA) is 77.5 Å². The quantitative estimate of drug-likeness (QED) is 0.298. The Labute approximate surface area is 219 Å². The second-order valence-electron chi connectivity index (χ2n) is 9.23.